The second-order valence-corrected chi connectivity index (χ2v) is 5.46. The first-order chi connectivity index (χ1) is 6.60. The fraction of sp³-hybridized carbons (Fsp3) is 1.00. The van der Waals surface area contributed by atoms with E-state index in [2.05, 4.69) is 13.8 Å². The van der Waals surface area contributed by atoms with E-state index >= 15 is 0 Å². The minimum atomic E-state index is -0.156. The van der Waals surface area contributed by atoms with E-state index in [-0.39, 0.29) is 11.5 Å². The number of aliphatic hydroxyl groups excluding tert-OH is 1. The minimum absolute atomic E-state index is 0.0164. The molecule has 0 heterocycles. The first-order valence-electron chi connectivity index (χ1n) is 5.94. The Balaban J connectivity index is 1.80. The first-order valence-corrected chi connectivity index (χ1v) is 5.94. The molecule has 0 aromatic heterocycles. The van der Waals surface area contributed by atoms with Gasteiger partial charge in [0.2, 0.25) is 0 Å². The van der Waals surface area contributed by atoms with Crippen molar-refractivity contribution < 1.29 is 9.84 Å². The summed E-state index contributed by atoms with van der Waals surface area (Å²) in [5.74, 6) is 0. The Hall–Kier alpha value is -0.0800. The van der Waals surface area contributed by atoms with Crippen LogP contribution < -0.4 is 0 Å². The van der Waals surface area contributed by atoms with Gasteiger partial charge in [-0.2, -0.15) is 0 Å². The number of ether oxygens (including phenoxy) is 1. The van der Waals surface area contributed by atoms with E-state index in [0.29, 0.717) is 12.2 Å². The van der Waals surface area contributed by atoms with Crippen molar-refractivity contribution in [2.24, 2.45) is 5.41 Å². The van der Waals surface area contributed by atoms with E-state index in [1.165, 1.54) is 32.1 Å². The second-order valence-electron chi connectivity index (χ2n) is 5.46. The third kappa shape index (κ3) is 1.82. The topological polar surface area (TPSA) is 29.5 Å². The van der Waals surface area contributed by atoms with Crippen LogP contribution in [0.5, 0.6) is 0 Å². The zero-order valence-corrected chi connectivity index (χ0v) is 9.33. The van der Waals surface area contributed by atoms with Crippen molar-refractivity contribution in [3.8, 4) is 0 Å². The molecule has 0 saturated heterocycles. The van der Waals surface area contributed by atoms with Crippen LogP contribution in [-0.2, 0) is 4.74 Å². The molecular weight excluding hydrogens is 176 g/mol. The summed E-state index contributed by atoms with van der Waals surface area (Å²) in [6.45, 7) is 4.21. The predicted octanol–water partition coefficient (Wildman–Crippen LogP) is 2.50. The molecule has 0 aromatic rings. The first kappa shape index (κ1) is 10.4. The standard InChI is InChI=1S/C12H22O2/c1-12(2)10(13)8-11(12)14-9-6-4-3-5-7-9/h9-11,13H,3-8H2,1-2H3. The summed E-state index contributed by atoms with van der Waals surface area (Å²) in [4.78, 5) is 0. The molecule has 2 rings (SSSR count). The number of hydrogen-bond donors (Lipinski definition) is 1. The third-order valence-corrected chi connectivity index (χ3v) is 4.03. The molecule has 2 nitrogen and oxygen atoms in total. The molecule has 2 atom stereocenters. The largest absolute Gasteiger partial charge is 0.392 e. The van der Waals surface area contributed by atoms with Crippen LogP contribution in [0.3, 0.4) is 0 Å². The Morgan fingerprint density at radius 2 is 1.79 bits per heavy atom. The fourth-order valence-corrected chi connectivity index (χ4v) is 2.53. The maximum atomic E-state index is 9.60. The lowest BCUT2D eigenvalue weighted by molar-refractivity contribution is -0.198. The molecule has 0 radical (unpaired) electrons. The Morgan fingerprint density at radius 1 is 1.14 bits per heavy atom. The Morgan fingerprint density at radius 3 is 2.29 bits per heavy atom. The van der Waals surface area contributed by atoms with E-state index in [1.54, 1.807) is 0 Å². The molecule has 2 unspecified atom stereocenters. The highest BCUT2D eigenvalue weighted by atomic mass is 16.5. The van der Waals surface area contributed by atoms with Crippen molar-refractivity contribution in [3.63, 3.8) is 0 Å². The lowest BCUT2D eigenvalue weighted by Gasteiger charge is -2.50. The van der Waals surface area contributed by atoms with E-state index in [1.807, 2.05) is 0 Å². The maximum absolute atomic E-state index is 9.60. The summed E-state index contributed by atoms with van der Waals surface area (Å²) < 4.78 is 6.05. The molecule has 82 valence electrons. The molecule has 1 N–H and O–H groups in total. The van der Waals surface area contributed by atoms with Crippen LogP contribution in [0.2, 0.25) is 0 Å². The summed E-state index contributed by atoms with van der Waals surface area (Å²) in [6, 6.07) is 0. The van der Waals surface area contributed by atoms with Crippen molar-refractivity contribution in [2.45, 2.75) is 70.7 Å². The summed E-state index contributed by atoms with van der Waals surface area (Å²) >= 11 is 0. The van der Waals surface area contributed by atoms with Gasteiger partial charge >= 0.3 is 0 Å². The zero-order valence-electron chi connectivity index (χ0n) is 9.33. The van der Waals surface area contributed by atoms with Gasteiger partial charge in [0, 0.05) is 11.8 Å². The lowest BCUT2D eigenvalue weighted by atomic mass is 9.66. The van der Waals surface area contributed by atoms with Gasteiger partial charge in [-0.3, -0.25) is 0 Å². The molecule has 0 aliphatic heterocycles. The Labute approximate surface area is 86.6 Å². The summed E-state index contributed by atoms with van der Waals surface area (Å²) in [5.41, 5.74) is -0.0164. The predicted molar refractivity (Wildman–Crippen MR) is 56.2 cm³/mol. The number of rotatable bonds is 2. The Bertz CT molecular complexity index is 194. The van der Waals surface area contributed by atoms with Crippen LogP contribution in [0.1, 0.15) is 52.4 Å². The van der Waals surface area contributed by atoms with Crippen LogP contribution >= 0.6 is 0 Å². The summed E-state index contributed by atoms with van der Waals surface area (Å²) in [5, 5.41) is 9.60. The molecule has 0 aromatic carbocycles. The molecule has 0 bridgehead atoms. The van der Waals surface area contributed by atoms with E-state index in [9.17, 15) is 5.11 Å². The molecule has 2 fully saturated rings. The van der Waals surface area contributed by atoms with Crippen LogP contribution in [0.4, 0.5) is 0 Å². The highest BCUT2D eigenvalue weighted by Gasteiger charge is 2.48. The van der Waals surface area contributed by atoms with Crippen molar-refractivity contribution >= 4 is 0 Å². The average Bonchev–Trinajstić information content (AvgIpc) is 2.19. The van der Waals surface area contributed by atoms with E-state index in [4.69, 9.17) is 4.74 Å². The van der Waals surface area contributed by atoms with Crippen LogP contribution in [0.15, 0.2) is 0 Å². The summed E-state index contributed by atoms with van der Waals surface area (Å²) in [7, 11) is 0. The number of hydrogen-bond acceptors (Lipinski definition) is 2. The molecule has 2 aliphatic carbocycles. The van der Waals surface area contributed by atoms with Crippen LogP contribution in [0, 0.1) is 5.41 Å². The third-order valence-electron chi connectivity index (χ3n) is 4.03. The highest BCUT2D eigenvalue weighted by molar-refractivity contribution is 4.98. The van der Waals surface area contributed by atoms with Gasteiger partial charge in [0.25, 0.3) is 0 Å². The lowest BCUT2D eigenvalue weighted by Crippen LogP contribution is -2.55. The van der Waals surface area contributed by atoms with Gasteiger partial charge in [-0.15, -0.1) is 0 Å². The minimum Gasteiger partial charge on any atom is -0.392 e. The molecule has 14 heavy (non-hydrogen) atoms. The van der Waals surface area contributed by atoms with E-state index in [0.717, 1.165) is 6.42 Å². The van der Waals surface area contributed by atoms with Gasteiger partial charge < -0.3 is 9.84 Å². The van der Waals surface area contributed by atoms with Gasteiger partial charge in [-0.05, 0) is 12.8 Å². The monoisotopic (exact) mass is 198 g/mol. The molecule has 2 saturated carbocycles. The van der Waals surface area contributed by atoms with Crippen LogP contribution in [-0.4, -0.2) is 23.4 Å². The van der Waals surface area contributed by atoms with Gasteiger partial charge in [-0.1, -0.05) is 33.1 Å². The zero-order chi connectivity index (χ0) is 10.2. The molecular formula is C12H22O2. The summed E-state index contributed by atoms with van der Waals surface area (Å²) in [6.07, 6.45) is 7.91. The molecule has 0 amide bonds. The molecule has 0 spiro atoms. The Kier molecular flexibility index (Phi) is 2.85. The quantitative estimate of drug-likeness (QED) is 0.738. The smallest absolute Gasteiger partial charge is 0.0679 e. The van der Waals surface area contributed by atoms with Crippen molar-refractivity contribution in [1.82, 2.24) is 0 Å². The van der Waals surface area contributed by atoms with Crippen molar-refractivity contribution in [1.29, 1.82) is 0 Å². The van der Waals surface area contributed by atoms with Gasteiger partial charge in [-0.25, -0.2) is 0 Å². The normalized spacial score (nSPS) is 37.9. The van der Waals surface area contributed by atoms with Gasteiger partial charge in [0.1, 0.15) is 0 Å². The molecule has 2 heteroatoms. The fourth-order valence-electron chi connectivity index (χ4n) is 2.53. The maximum Gasteiger partial charge on any atom is 0.0679 e. The molecule has 2 aliphatic rings. The number of aliphatic hydroxyl groups is 1. The van der Waals surface area contributed by atoms with Gasteiger partial charge in [0.15, 0.2) is 0 Å². The van der Waals surface area contributed by atoms with Crippen LogP contribution in [0.25, 0.3) is 0 Å². The van der Waals surface area contributed by atoms with Crippen molar-refractivity contribution in [2.75, 3.05) is 0 Å². The average molecular weight is 198 g/mol. The highest BCUT2D eigenvalue weighted by Crippen LogP contribution is 2.44. The second kappa shape index (κ2) is 3.82. The SMILES string of the molecule is CC1(C)C(O)CC1OC1CCCCC1. The van der Waals surface area contributed by atoms with Gasteiger partial charge in [0.05, 0.1) is 18.3 Å². The van der Waals surface area contributed by atoms with Crippen molar-refractivity contribution in [3.05, 3.63) is 0 Å². The van der Waals surface area contributed by atoms with E-state index < -0.39 is 0 Å².